The molecule has 0 saturated carbocycles. The largest absolute Gasteiger partial charge is 0.451 e. The molecule has 0 aliphatic rings. The molecule has 0 saturated heterocycles. The molecule has 4 rings (SSSR count). The minimum absolute atomic E-state index is 0.191. The average Bonchev–Trinajstić information content (AvgIpc) is 3.52. The molecule has 0 spiro atoms. The van der Waals surface area contributed by atoms with Crippen LogP contribution in [0.2, 0.25) is 0 Å². The number of amides is 2. The van der Waals surface area contributed by atoms with Crippen LogP contribution in [0.4, 0.5) is 5.00 Å². The summed E-state index contributed by atoms with van der Waals surface area (Å²) in [6.45, 7) is -0.525. The van der Waals surface area contributed by atoms with E-state index in [2.05, 4.69) is 10.4 Å². The van der Waals surface area contributed by atoms with E-state index in [-0.39, 0.29) is 11.3 Å². The van der Waals surface area contributed by atoms with Gasteiger partial charge in [0.25, 0.3) is 11.8 Å². The Morgan fingerprint density at radius 1 is 1.03 bits per heavy atom. The molecule has 0 fully saturated rings. The second-order valence-corrected chi connectivity index (χ2v) is 8.16. The lowest BCUT2D eigenvalue weighted by Crippen LogP contribution is -2.23. The number of aromatic nitrogens is 2. The molecule has 3 N–H and O–H groups in total. The number of nitrogens with one attached hydrogen (secondary N) is 1. The topological polar surface area (TPSA) is 116 Å². The smallest absolute Gasteiger partial charge is 0.357 e. The van der Waals surface area contributed by atoms with Crippen LogP contribution in [-0.4, -0.2) is 34.2 Å². The van der Waals surface area contributed by atoms with Gasteiger partial charge in [-0.25, -0.2) is 9.48 Å². The van der Waals surface area contributed by atoms with Gasteiger partial charge in [-0.1, -0.05) is 24.3 Å². The zero-order valence-electron chi connectivity index (χ0n) is 16.0. The number of primary amides is 1. The van der Waals surface area contributed by atoms with Crippen molar-refractivity contribution in [1.29, 1.82) is 0 Å². The molecule has 3 aromatic heterocycles. The number of nitrogens with zero attached hydrogens (tertiary/aromatic N) is 2. The van der Waals surface area contributed by atoms with Gasteiger partial charge in [0.05, 0.1) is 16.1 Å². The first-order valence-corrected chi connectivity index (χ1v) is 10.8. The van der Waals surface area contributed by atoms with Crippen LogP contribution < -0.4 is 11.1 Å². The molecule has 0 radical (unpaired) electrons. The van der Waals surface area contributed by atoms with Crippen molar-refractivity contribution in [2.24, 2.45) is 5.73 Å². The highest BCUT2D eigenvalue weighted by Crippen LogP contribution is 2.26. The lowest BCUT2D eigenvalue weighted by molar-refractivity contribution is -0.119. The SMILES string of the molecule is NC(=O)c1ccsc1NC(=O)COC(=O)c1cc(-c2cccs2)nn1-c1ccccc1. The third kappa shape index (κ3) is 4.55. The normalized spacial score (nSPS) is 10.6. The fourth-order valence-electron chi connectivity index (χ4n) is 2.81. The number of carbonyl (C=O) groups is 3. The first-order chi connectivity index (χ1) is 15.0. The summed E-state index contributed by atoms with van der Waals surface area (Å²) in [7, 11) is 0. The number of para-hydroxylation sites is 1. The number of rotatable bonds is 7. The molecule has 31 heavy (non-hydrogen) atoms. The van der Waals surface area contributed by atoms with Crippen molar-refractivity contribution < 1.29 is 19.1 Å². The van der Waals surface area contributed by atoms with E-state index in [0.29, 0.717) is 16.4 Å². The van der Waals surface area contributed by atoms with Crippen LogP contribution in [0.5, 0.6) is 0 Å². The highest BCUT2D eigenvalue weighted by molar-refractivity contribution is 7.14. The van der Waals surface area contributed by atoms with Crippen molar-refractivity contribution >= 4 is 45.5 Å². The van der Waals surface area contributed by atoms with Gasteiger partial charge in [0.1, 0.15) is 10.7 Å². The summed E-state index contributed by atoms with van der Waals surface area (Å²) in [6, 6.07) is 16.1. The van der Waals surface area contributed by atoms with Crippen molar-refractivity contribution in [2.75, 3.05) is 11.9 Å². The number of esters is 1. The summed E-state index contributed by atoms with van der Waals surface area (Å²) in [6.07, 6.45) is 0. The molecule has 2 amide bonds. The second-order valence-electron chi connectivity index (χ2n) is 6.29. The predicted octanol–water partition coefficient (Wildman–Crippen LogP) is 3.56. The monoisotopic (exact) mass is 452 g/mol. The maximum Gasteiger partial charge on any atom is 0.357 e. The molecule has 0 aliphatic carbocycles. The van der Waals surface area contributed by atoms with Crippen molar-refractivity contribution in [1.82, 2.24) is 9.78 Å². The van der Waals surface area contributed by atoms with Gasteiger partial charge in [-0.2, -0.15) is 5.10 Å². The minimum atomic E-state index is -0.699. The van der Waals surface area contributed by atoms with Crippen molar-refractivity contribution in [3.63, 3.8) is 0 Å². The highest BCUT2D eigenvalue weighted by atomic mass is 32.1. The van der Waals surface area contributed by atoms with E-state index < -0.39 is 24.4 Å². The first-order valence-electron chi connectivity index (χ1n) is 9.06. The van der Waals surface area contributed by atoms with E-state index in [1.807, 2.05) is 47.8 Å². The number of hydrogen-bond acceptors (Lipinski definition) is 7. The molecule has 0 unspecified atom stereocenters. The van der Waals surface area contributed by atoms with E-state index in [4.69, 9.17) is 10.5 Å². The Bertz CT molecular complexity index is 1230. The van der Waals surface area contributed by atoms with Gasteiger partial charge >= 0.3 is 5.97 Å². The zero-order valence-corrected chi connectivity index (χ0v) is 17.6. The third-order valence-electron chi connectivity index (χ3n) is 4.21. The molecule has 0 atom stereocenters. The van der Waals surface area contributed by atoms with Gasteiger partial charge in [0.2, 0.25) is 0 Å². The van der Waals surface area contributed by atoms with Crippen LogP contribution in [0.1, 0.15) is 20.8 Å². The fourth-order valence-corrected chi connectivity index (χ4v) is 4.30. The van der Waals surface area contributed by atoms with Crippen molar-refractivity contribution in [3.8, 4) is 16.3 Å². The summed E-state index contributed by atoms with van der Waals surface area (Å²) in [5, 5.41) is 10.9. The number of ether oxygens (including phenoxy) is 1. The predicted molar refractivity (Wildman–Crippen MR) is 119 cm³/mol. The Morgan fingerprint density at radius 3 is 2.55 bits per heavy atom. The number of benzene rings is 1. The molecule has 0 bridgehead atoms. The molecule has 3 heterocycles. The number of hydrogen-bond donors (Lipinski definition) is 2. The van der Waals surface area contributed by atoms with Crippen LogP contribution in [-0.2, 0) is 9.53 Å². The third-order valence-corrected chi connectivity index (χ3v) is 5.93. The number of thiophene rings is 2. The lowest BCUT2D eigenvalue weighted by atomic mass is 10.3. The van der Waals surface area contributed by atoms with Crippen LogP contribution in [0.15, 0.2) is 65.4 Å². The molecule has 8 nitrogen and oxygen atoms in total. The van der Waals surface area contributed by atoms with E-state index in [1.54, 1.807) is 11.4 Å². The van der Waals surface area contributed by atoms with Crippen LogP contribution >= 0.6 is 22.7 Å². The minimum Gasteiger partial charge on any atom is -0.451 e. The molecule has 156 valence electrons. The number of carbonyl (C=O) groups excluding carboxylic acids is 3. The molecular formula is C21H16N4O4S2. The summed E-state index contributed by atoms with van der Waals surface area (Å²) < 4.78 is 6.70. The van der Waals surface area contributed by atoms with E-state index in [0.717, 1.165) is 16.2 Å². The molecule has 10 heteroatoms. The van der Waals surface area contributed by atoms with E-state index >= 15 is 0 Å². The van der Waals surface area contributed by atoms with Gasteiger partial charge < -0.3 is 15.8 Å². The Balaban J connectivity index is 1.52. The lowest BCUT2D eigenvalue weighted by Gasteiger charge is -2.08. The summed E-state index contributed by atoms with van der Waals surface area (Å²) in [5.41, 5.74) is 6.97. The standard InChI is InChI=1S/C21H16N4O4S2/c22-19(27)14-8-10-31-20(14)23-18(26)12-29-21(28)16-11-15(17-7-4-9-30-17)24-25(16)13-5-2-1-3-6-13/h1-11H,12H2,(H2,22,27)(H,23,26). The van der Waals surface area contributed by atoms with E-state index in [9.17, 15) is 14.4 Å². The fraction of sp³-hybridized carbons (Fsp3) is 0.0476. The van der Waals surface area contributed by atoms with E-state index in [1.165, 1.54) is 22.1 Å². The van der Waals surface area contributed by atoms with Crippen molar-refractivity contribution in [2.45, 2.75) is 0 Å². The van der Waals surface area contributed by atoms with Gasteiger partial charge in [-0.15, -0.1) is 22.7 Å². The van der Waals surface area contributed by atoms with Gasteiger partial charge in [0.15, 0.2) is 12.3 Å². The van der Waals surface area contributed by atoms with Gasteiger partial charge in [-0.05, 0) is 35.0 Å². The van der Waals surface area contributed by atoms with Crippen LogP contribution in [0.25, 0.3) is 16.3 Å². The quantitative estimate of drug-likeness (QED) is 0.416. The van der Waals surface area contributed by atoms with Crippen molar-refractivity contribution in [3.05, 3.63) is 76.6 Å². The summed E-state index contributed by atoms with van der Waals surface area (Å²) in [4.78, 5) is 37.3. The highest BCUT2D eigenvalue weighted by Gasteiger charge is 2.21. The molecular weight excluding hydrogens is 436 g/mol. The maximum absolute atomic E-state index is 12.8. The Kier molecular flexibility index (Phi) is 5.92. The number of nitrogens with two attached hydrogens (primary N) is 1. The second kappa shape index (κ2) is 8.94. The summed E-state index contributed by atoms with van der Waals surface area (Å²) >= 11 is 2.65. The van der Waals surface area contributed by atoms with Gasteiger partial charge in [0, 0.05) is 6.07 Å². The molecule has 0 aliphatic heterocycles. The summed E-state index contributed by atoms with van der Waals surface area (Å²) in [5.74, 6) is -1.93. The zero-order chi connectivity index (χ0) is 21.8. The Morgan fingerprint density at radius 2 is 1.84 bits per heavy atom. The molecule has 1 aromatic carbocycles. The van der Waals surface area contributed by atoms with Gasteiger partial charge in [-0.3, -0.25) is 9.59 Å². The Hall–Kier alpha value is -3.76. The molecule has 4 aromatic rings. The Labute approximate surface area is 184 Å². The van der Waals surface area contributed by atoms with Crippen LogP contribution in [0.3, 0.4) is 0 Å². The number of anilines is 1. The maximum atomic E-state index is 12.8. The average molecular weight is 453 g/mol. The van der Waals surface area contributed by atoms with Crippen LogP contribution in [0, 0.1) is 0 Å². The first kappa shape index (κ1) is 20.5.